The maximum atomic E-state index is 12.4. The van der Waals surface area contributed by atoms with E-state index in [-0.39, 0.29) is 25.0 Å². The van der Waals surface area contributed by atoms with Gasteiger partial charge in [-0.05, 0) is 12.8 Å². The second-order valence-electron chi connectivity index (χ2n) is 4.73. The normalized spacial score (nSPS) is 22.5. The maximum absolute atomic E-state index is 12.4. The number of nitrogens with zero attached hydrogens (tertiary/aromatic N) is 1. The monoisotopic (exact) mass is 323 g/mol. The van der Waals surface area contributed by atoms with Gasteiger partial charge in [-0.15, -0.1) is 11.3 Å². The van der Waals surface area contributed by atoms with Crippen LogP contribution in [-0.4, -0.2) is 36.2 Å². The number of thiazole rings is 1. The number of hydrogen-bond donors (Lipinski definition) is 2. The van der Waals surface area contributed by atoms with Crippen LogP contribution in [0.5, 0.6) is 0 Å². The third-order valence-electron chi connectivity index (χ3n) is 3.14. The van der Waals surface area contributed by atoms with E-state index in [1.807, 2.05) is 0 Å². The summed E-state index contributed by atoms with van der Waals surface area (Å²) in [6, 6.07) is 0. The van der Waals surface area contributed by atoms with E-state index in [0.29, 0.717) is 18.0 Å². The Morgan fingerprint density at radius 1 is 1.52 bits per heavy atom. The smallest absolute Gasteiger partial charge is 0.364 e. The van der Waals surface area contributed by atoms with Crippen LogP contribution in [0.4, 0.5) is 13.2 Å². The largest absolute Gasteiger partial charge is 0.434 e. The summed E-state index contributed by atoms with van der Waals surface area (Å²) in [5.74, 6) is -0.251. The highest BCUT2D eigenvalue weighted by Gasteiger charge is 2.33. The van der Waals surface area contributed by atoms with E-state index in [0.717, 1.165) is 23.1 Å². The summed E-state index contributed by atoms with van der Waals surface area (Å²) >= 11 is 0.934. The number of carbonyl (C=O) groups excluding carboxylic acids is 1. The van der Waals surface area contributed by atoms with E-state index < -0.39 is 18.0 Å². The Labute approximate surface area is 123 Å². The van der Waals surface area contributed by atoms with Gasteiger partial charge in [-0.25, -0.2) is 4.98 Å². The third kappa shape index (κ3) is 4.39. The van der Waals surface area contributed by atoms with Gasteiger partial charge in [0.2, 0.25) is 5.91 Å². The lowest BCUT2D eigenvalue weighted by Crippen LogP contribution is -2.36. The molecule has 2 heterocycles. The number of aromatic nitrogens is 1. The van der Waals surface area contributed by atoms with Gasteiger partial charge in [-0.3, -0.25) is 4.79 Å². The van der Waals surface area contributed by atoms with Crippen LogP contribution >= 0.6 is 11.3 Å². The summed E-state index contributed by atoms with van der Waals surface area (Å²) in [5.41, 5.74) is 4.56. The number of amides is 1. The molecule has 3 N–H and O–H groups in total. The molecule has 118 valence electrons. The second-order valence-corrected chi connectivity index (χ2v) is 5.67. The Morgan fingerprint density at radius 3 is 2.86 bits per heavy atom. The van der Waals surface area contributed by atoms with Gasteiger partial charge in [0.15, 0.2) is 5.69 Å². The minimum absolute atomic E-state index is 0.0888. The first-order valence-corrected chi connectivity index (χ1v) is 7.43. The molecule has 9 heteroatoms. The summed E-state index contributed by atoms with van der Waals surface area (Å²) < 4.78 is 42.5. The average molecular weight is 323 g/mol. The van der Waals surface area contributed by atoms with Crippen LogP contribution in [0.2, 0.25) is 0 Å². The summed E-state index contributed by atoms with van der Waals surface area (Å²) in [4.78, 5) is 15.3. The number of ether oxygens (including phenoxy) is 1. The summed E-state index contributed by atoms with van der Waals surface area (Å²) in [6.07, 6.45) is -3.40. The van der Waals surface area contributed by atoms with Crippen molar-refractivity contribution in [3.05, 3.63) is 16.1 Å². The number of nitrogens with two attached hydrogens (primary N) is 1. The highest BCUT2D eigenvalue weighted by molar-refractivity contribution is 7.09. The highest BCUT2D eigenvalue weighted by atomic mass is 32.1. The van der Waals surface area contributed by atoms with Gasteiger partial charge in [0.25, 0.3) is 0 Å². The zero-order valence-corrected chi connectivity index (χ0v) is 12.0. The predicted octanol–water partition coefficient (Wildman–Crippen LogP) is 1.33. The van der Waals surface area contributed by atoms with Crippen molar-refractivity contribution in [3.63, 3.8) is 0 Å². The number of nitrogens with one attached hydrogen (secondary N) is 1. The maximum Gasteiger partial charge on any atom is 0.434 e. The van der Waals surface area contributed by atoms with Crippen LogP contribution in [0.1, 0.15) is 23.5 Å². The Kier molecular flexibility index (Phi) is 5.17. The van der Waals surface area contributed by atoms with E-state index in [1.54, 1.807) is 0 Å². The van der Waals surface area contributed by atoms with Crippen molar-refractivity contribution < 1.29 is 22.7 Å². The predicted molar refractivity (Wildman–Crippen MR) is 70.8 cm³/mol. The summed E-state index contributed by atoms with van der Waals surface area (Å²) in [6.45, 7) is 0.611. The molecule has 2 rings (SSSR count). The topological polar surface area (TPSA) is 77.2 Å². The van der Waals surface area contributed by atoms with Crippen molar-refractivity contribution in [1.29, 1.82) is 0 Å². The standard InChI is InChI=1S/C12H16F3N3O2S/c13-12(14,15)9-6-21-10(18-9)3-4-17-11(19)8-2-1-7(5-16)20-8/h6-8H,1-5,16H2,(H,17,19)/t7-,8+/m1/s1. The lowest BCUT2D eigenvalue weighted by atomic mass is 10.2. The van der Waals surface area contributed by atoms with Crippen LogP contribution in [0.15, 0.2) is 5.38 Å². The van der Waals surface area contributed by atoms with Gasteiger partial charge < -0.3 is 15.8 Å². The first kappa shape index (κ1) is 16.2. The molecule has 21 heavy (non-hydrogen) atoms. The van der Waals surface area contributed by atoms with Gasteiger partial charge in [0.1, 0.15) is 6.10 Å². The fourth-order valence-electron chi connectivity index (χ4n) is 2.03. The molecule has 5 nitrogen and oxygen atoms in total. The Bertz CT molecular complexity index is 492. The fraction of sp³-hybridized carbons (Fsp3) is 0.667. The van der Waals surface area contributed by atoms with Gasteiger partial charge in [-0.2, -0.15) is 13.2 Å². The van der Waals surface area contributed by atoms with Crippen molar-refractivity contribution >= 4 is 17.2 Å². The van der Waals surface area contributed by atoms with Crippen LogP contribution in [-0.2, 0) is 22.1 Å². The third-order valence-corrected chi connectivity index (χ3v) is 4.05. The van der Waals surface area contributed by atoms with E-state index in [2.05, 4.69) is 10.3 Å². The molecule has 1 aromatic rings. The molecule has 1 aromatic heterocycles. The number of carbonyl (C=O) groups is 1. The SMILES string of the molecule is NC[C@H]1CC[C@@H](C(=O)NCCc2nc(C(F)(F)F)cs2)O1. The quantitative estimate of drug-likeness (QED) is 0.857. The van der Waals surface area contributed by atoms with E-state index in [4.69, 9.17) is 10.5 Å². The molecule has 1 aliphatic heterocycles. The van der Waals surface area contributed by atoms with Gasteiger partial charge in [-0.1, -0.05) is 0 Å². The van der Waals surface area contributed by atoms with Crippen molar-refractivity contribution in [2.75, 3.05) is 13.1 Å². The molecule has 0 saturated carbocycles. The Balaban J connectivity index is 1.74. The van der Waals surface area contributed by atoms with E-state index in [1.165, 1.54) is 0 Å². The number of alkyl halides is 3. The van der Waals surface area contributed by atoms with Crippen LogP contribution in [0.25, 0.3) is 0 Å². The summed E-state index contributed by atoms with van der Waals surface area (Å²) in [7, 11) is 0. The molecule has 1 amide bonds. The molecule has 0 radical (unpaired) electrons. The Morgan fingerprint density at radius 2 is 2.29 bits per heavy atom. The zero-order chi connectivity index (χ0) is 15.5. The van der Waals surface area contributed by atoms with Gasteiger partial charge >= 0.3 is 6.18 Å². The van der Waals surface area contributed by atoms with Crippen LogP contribution in [0.3, 0.4) is 0 Å². The molecule has 1 fully saturated rings. The molecule has 0 aliphatic carbocycles. The molecular weight excluding hydrogens is 307 g/mol. The average Bonchev–Trinajstić information content (AvgIpc) is 3.06. The van der Waals surface area contributed by atoms with Crippen molar-refractivity contribution in [3.8, 4) is 0 Å². The lowest BCUT2D eigenvalue weighted by Gasteiger charge is -2.12. The number of halogens is 3. The molecular formula is C12H16F3N3O2S. The van der Waals surface area contributed by atoms with E-state index >= 15 is 0 Å². The fourth-order valence-corrected chi connectivity index (χ4v) is 2.84. The number of rotatable bonds is 5. The highest BCUT2D eigenvalue weighted by Crippen LogP contribution is 2.30. The molecule has 0 unspecified atom stereocenters. The van der Waals surface area contributed by atoms with Crippen LogP contribution in [0, 0.1) is 0 Å². The molecule has 2 atom stereocenters. The summed E-state index contributed by atoms with van der Waals surface area (Å²) in [5, 5.41) is 3.96. The molecule has 1 aliphatic rings. The first-order valence-electron chi connectivity index (χ1n) is 6.55. The molecule has 0 aromatic carbocycles. The van der Waals surface area contributed by atoms with Crippen molar-refractivity contribution in [1.82, 2.24) is 10.3 Å². The van der Waals surface area contributed by atoms with Gasteiger partial charge in [0, 0.05) is 24.9 Å². The van der Waals surface area contributed by atoms with Crippen molar-refractivity contribution in [2.45, 2.75) is 37.6 Å². The van der Waals surface area contributed by atoms with Crippen LogP contribution < -0.4 is 11.1 Å². The minimum atomic E-state index is -4.42. The molecule has 0 spiro atoms. The van der Waals surface area contributed by atoms with Gasteiger partial charge in [0.05, 0.1) is 11.1 Å². The lowest BCUT2D eigenvalue weighted by molar-refractivity contribution is -0.140. The minimum Gasteiger partial charge on any atom is -0.364 e. The Hall–Kier alpha value is -1.19. The molecule has 1 saturated heterocycles. The number of hydrogen-bond acceptors (Lipinski definition) is 5. The molecule has 0 bridgehead atoms. The van der Waals surface area contributed by atoms with E-state index in [9.17, 15) is 18.0 Å². The first-order chi connectivity index (χ1) is 9.90. The van der Waals surface area contributed by atoms with Crippen molar-refractivity contribution in [2.24, 2.45) is 5.73 Å². The zero-order valence-electron chi connectivity index (χ0n) is 11.2. The second kappa shape index (κ2) is 6.71.